The summed E-state index contributed by atoms with van der Waals surface area (Å²) in [5, 5.41) is 6.24. The summed E-state index contributed by atoms with van der Waals surface area (Å²) in [7, 11) is 0. The standard InChI is InChI=1S/C10H8BrN3O2/c1-6-5-9(14-16-6)13-10(15)7-3-2-4-8(11)12-7/h2-5H,1H3,(H,13,14,15). The van der Waals surface area contributed by atoms with E-state index in [0.29, 0.717) is 21.9 Å². The Hall–Kier alpha value is -1.69. The normalized spacial score (nSPS) is 10.1. The topological polar surface area (TPSA) is 68.0 Å². The highest BCUT2D eigenvalue weighted by Gasteiger charge is 2.10. The molecule has 0 bridgehead atoms. The van der Waals surface area contributed by atoms with Crippen LogP contribution in [0, 0.1) is 6.92 Å². The van der Waals surface area contributed by atoms with E-state index < -0.39 is 0 Å². The molecule has 0 saturated heterocycles. The lowest BCUT2D eigenvalue weighted by Crippen LogP contribution is -2.13. The molecule has 0 aromatic carbocycles. The molecule has 2 heterocycles. The molecule has 0 radical (unpaired) electrons. The van der Waals surface area contributed by atoms with Gasteiger partial charge in [-0.3, -0.25) is 4.79 Å². The fourth-order valence-electron chi connectivity index (χ4n) is 1.14. The fraction of sp³-hybridized carbons (Fsp3) is 0.100. The molecule has 6 heteroatoms. The van der Waals surface area contributed by atoms with Gasteiger partial charge in [0.25, 0.3) is 5.91 Å². The van der Waals surface area contributed by atoms with Crippen LogP contribution >= 0.6 is 15.9 Å². The van der Waals surface area contributed by atoms with Gasteiger partial charge in [-0.1, -0.05) is 11.2 Å². The first kappa shape index (κ1) is 10.8. The Labute approximate surface area is 100.0 Å². The van der Waals surface area contributed by atoms with Gasteiger partial charge in [-0.25, -0.2) is 4.98 Å². The maximum Gasteiger partial charge on any atom is 0.275 e. The summed E-state index contributed by atoms with van der Waals surface area (Å²) in [6, 6.07) is 6.74. The summed E-state index contributed by atoms with van der Waals surface area (Å²) < 4.78 is 5.44. The van der Waals surface area contributed by atoms with Crippen molar-refractivity contribution in [2.75, 3.05) is 5.32 Å². The van der Waals surface area contributed by atoms with Gasteiger partial charge in [0.1, 0.15) is 16.1 Å². The molecule has 1 amide bonds. The summed E-state index contributed by atoms with van der Waals surface area (Å²) in [5.74, 6) is 0.691. The second-order valence-electron chi connectivity index (χ2n) is 3.12. The van der Waals surface area contributed by atoms with Crippen molar-refractivity contribution < 1.29 is 9.32 Å². The van der Waals surface area contributed by atoms with Crippen molar-refractivity contribution in [1.29, 1.82) is 0 Å². The number of nitrogens with one attached hydrogen (secondary N) is 1. The third-order valence-electron chi connectivity index (χ3n) is 1.82. The Bertz CT molecular complexity index is 524. The molecule has 0 unspecified atom stereocenters. The maximum absolute atomic E-state index is 11.7. The smallest absolute Gasteiger partial charge is 0.275 e. The summed E-state index contributed by atoms with van der Waals surface area (Å²) >= 11 is 3.19. The molecule has 0 aliphatic rings. The summed E-state index contributed by atoms with van der Waals surface area (Å²) in [6.07, 6.45) is 0. The third-order valence-corrected chi connectivity index (χ3v) is 2.26. The average Bonchev–Trinajstić information content (AvgIpc) is 2.64. The molecule has 0 aliphatic carbocycles. The van der Waals surface area contributed by atoms with E-state index in [9.17, 15) is 4.79 Å². The SMILES string of the molecule is Cc1cc(NC(=O)c2cccc(Br)n2)no1. The summed E-state index contributed by atoms with van der Waals surface area (Å²) in [5.41, 5.74) is 0.315. The van der Waals surface area contributed by atoms with Crippen molar-refractivity contribution in [3.05, 3.63) is 40.3 Å². The lowest BCUT2D eigenvalue weighted by atomic mass is 10.3. The van der Waals surface area contributed by atoms with Crippen molar-refractivity contribution in [3.63, 3.8) is 0 Å². The van der Waals surface area contributed by atoms with E-state index in [2.05, 4.69) is 31.4 Å². The minimum Gasteiger partial charge on any atom is -0.360 e. The second-order valence-corrected chi connectivity index (χ2v) is 3.93. The highest BCUT2D eigenvalue weighted by Crippen LogP contribution is 2.10. The first-order valence-corrected chi connectivity index (χ1v) is 5.31. The highest BCUT2D eigenvalue weighted by atomic mass is 79.9. The monoisotopic (exact) mass is 281 g/mol. The number of pyridine rings is 1. The number of hydrogen-bond acceptors (Lipinski definition) is 4. The van der Waals surface area contributed by atoms with Gasteiger partial charge in [0.2, 0.25) is 0 Å². The van der Waals surface area contributed by atoms with Crippen LogP contribution in [0.25, 0.3) is 0 Å². The maximum atomic E-state index is 11.7. The number of amides is 1. The molecule has 2 aromatic rings. The van der Waals surface area contributed by atoms with E-state index >= 15 is 0 Å². The van der Waals surface area contributed by atoms with E-state index in [-0.39, 0.29) is 5.91 Å². The Balaban J connectivity index is 2.14. The molecule has 0 aliphatic heterocycles. The van der Waals surface area contributed by atoms with Crippen LogP contribution < -0.4 is 5.32 Å². The minimum atomic E-state index is -0.324. The predicted octanol–water partition coefficient (Wildman–Crippen LogP) is 2.39. The fourth-order valence-corrected chi connectivity index (χ4v) is 1.48. The van der Waals surface area contributed by atoms with Crippen LogP contribution in [0.15, 0.2) is 33.4 Å². The molecular formula is C10H8BrN3O2. The molecule has 82 valence electrons. The number of anilines is 1. The number of aryl methyl sites for hydroxylation is 1. The van der Waals surface area contributed by atoms with Gasteiger partial charge in [0, 0.05) is 6.07 Å². The first-order valence-electron chi connectivity index (χ1n) is 4.52. The number of carbonyl (C=O) groups is 1. The number of carbonyl (C=O) groups excluding carboxylic acids is 1. The number of halogens is 1. The molecule has 2 rings (SSSR count). The van der Waals surface area contributed by atoms with E-state index in [4.69, 9.17) is 4.52 Å². The van der Waals surface area contributed by atoms with Crippen LogP contribution in [0.1, 0.15) is 16.2 Å². The molecule has 1 N–H and O–H groups in total. The highest BCUT2D eigenvalue weighted by molar-refractivity contribution is 9.10. The zero-order valence-corrected chi connectivity index (χ0v) is 9.98. The number of hydrogen-bond donors (Lipinski definition) is 1. The van der Waals surface area contributed by atoms with Gasteiger partial charge >= 0.3 is 0 Å². The van der Waals surface area contributed by atoms with Crippen molar-refractivity contribution in [3.8, 4) is 0 Å². The number of nitrogens with zero attached hydrogens (tertiary/aromatic N) is 2. The third kappa shape index (κ3) is 2.46. The molecule has 0 saturated carbocycles. The Morgan fingerprint density at radius 1 is 1.50 bits per heavy atom. The van der Waals surface area contributed by atoms with Gasteiger partial charge in [0.15, 0.2) is 5.82 Å². The van der Waals surface area contributed by atoms with Crippen molar-refractivity contribution in [1.82, 2.24) is 10.1 Å². The Morgan fingerprint density at radius 3 is 2.94 bits per heavy atom. The minimum absolute atomic E-state index is 0.315. The van der Waals surface area contributed by atoms with Crippen LogP contribution in [0.4, 0.5) is 5.82 Å². The predicted molar refractivity (Wildman–Crippen MR) is 61.1 cm³/mol. The molecule has 16 heavy (non-hydrogen) atoms. The van der Waals surface area contributed by atoms with Crippen LogP contribution in [-0.2, 0) is 0 Å². The Morgan fingerprint density at radius 2 is 2.31 bits per heavy atom. The lowest BCUT2D eigenvalue weighted by molar-refractivity contribution is 0.102. The van der Waals surface area contributed by atoms with E-state index in [1.165, 1.54) is 0 Å². The van der Waals surface area contributed by atoms with Crippen LogP contribution in [0.5, 0.6) is 0 Å². The van der Waals surface area contributed by atoms with Crippen molar-refractivity contribution in [2.45, 2.75) is 6.92 Å². The van der Waals surface area contributed by atoms with E-state index in [1.807, 2.05) is 0 Å². The van der Waals surface area contributed by atoms with Crippen LogP contribution in [0.3, 0.4) is 0 Å². The summed E-state index contributed by atoms with van der Waals surface area (Å²) in [6.45, 7) is 1.75. The quantitative estimate of drug-likeness (QED) is 0.859. The first-order chi connectivity index (χ1) is 7.65. The van der Waals surface area contributed by atoms with Gasteiger partial charge < -0.3 is 9.84 Å². The molecule has 0 fully saturated rings. The molecule has 5 nitrogen and oxygen atoms in total. The van der Waals surface area contributed by atoms with Crippen molar-refractivity contribution in [2.24, 2.45) is 0 Å². The zero-order valence-electron chi connectivity index (χ0n) is 8.40. The molecule has 0 spiro atoms. The van der Waals surface area contributed by atoms with Gasteiger partial charge in [-0.05, 0) is 35.0 Å². The Kier molecular flexibility index (Phi) is 3.00. The second kappa shape index (κ2) is 4.44. The van der Waals surface area contributed by atoms with E-state index in [1.54, 1.807) is 31.2 Å². The molecule has 0 atom stereocenters. The largest absolute Gasteiger partial charge is 0.360 e. The van der Waals surface area contributed by atoms with Crippen molar-refractivity contribution >= 4 is 27.7 Å². The number of aromatic nitrogens is 2. The van der Waals surface area contributed by atoms with Gasteiger partial charge in [0.05, 0.1) is 0 Å². The van der Waals surface area contributed by atoms with Gasteiger partial charge in [-0.2, -0.15) is 0 Å². The van der Waals surface area contributed by atoms with Gasteiger partial charge in [-0.15, -0.1) is 0 Å². The zero-order chi connectivity index (χ0) is 11.5. The lowest BCUT2D eigenvalue weighted by Gasteiger charge is -2.00. The van der Waals surface area contributed by atoms with E-state index in [0.717, 1.165) is 0 Å². The average molecular weight is 282 g/mol. The molecular weight excluding hydrogens is 274 g/mol. The summed E-state index contributed by atoms with van der Waals surface area (Å²) in [4.78, 5) is 15.7. The molecule has 2 aromatic heterocycles. The van der Waals surface area contributed by atoms with Crippen LogP contribution in [-0.4, -0.2) is 16.0 Å². The van der Waals surface area contributed by atoms with Crippen LogP contribution in [0.2, 0.25) is 0 Å². The number of rotatable bonds is 2.